The first kappa shape index (κ1) is 10.1. The number of benzene rings is 1. The molecule has 0 unspecified atom stereocenters. The summed E-state index contributed by atoms with van der Waals surface area (Å²) in [5.74, 6) is 6.38. The lowest BCUT2D eigenvalue weighted by Gasteiger charge is -1.96. The Labute approximate surface area is 88.7 Å². The fourth-order valence-electron chi connectivity index (χ4n) is 0.859. The summed E-state index contributed by atoms with van der Waals surface area (Å²) in [6.07, 6.45) is 0. The predicted octanol–water partition coefficient (Wildman–Crippen LogP) is 1.60. The molecule has 0 bridgehead atoms. The first-order valence-electron chi connectivity index (χ1n) is 3.73. The Morgan fingerprint density at radius 3 is 2.46 bits per heavy atom. The van der Waals surface area contributed by atoms with Gasteiger partial charge in [-0.3, -0.25) is 0 Å². The molecule has 0 atom stereocenters. The van der Waals surface area contributed by atoms with E-state index >= 15 is 0 Å². The number of thiocarbonyl (C=S) groups is 1. The van der Waals surface area contributed by atoms with Gasteiger partial charge in [-0.05, 0) is 12.1 Å². The molecular formula is C10H9NS2. The zero-order chi connectivity index (χ0) is 9.68. The summed E-state index contributed by atoms with van der Waals surface area (Å²) < 4.78 is 0. The lowest BCUT2D eigenvalue weighted by Crippen LogP contribution is -2.08. The van der Waals surface area contributed by atoms with E-state index in [1.807, 2.05) is 24.3 Å². The Morgan fingerprint density at radius 2 is 2.00 bits per heavy atom. The van der Waals surface area contributed by atoms with Gasteiger partial charge < -0.3 is 5.73 Å². The molecule has 0 radical (unpaired) electrons. The Bertz CT molecular complexity index is 357. The van der Waals surface area contributed by atoms with E-state index in [1.54, 1.807) is 0 Å². The Hall–Kier alpha value is -0.980. The van der Waals surface area contributed by atoms with Gasteiger partial charge in [0.15, 0.2) is 0 Å². The highest BCUT2D eigenvalue weighted by atomic mass is 32.1. The maximum Gasteiger partial charge on any atom is 0.103 e. The average molecular weight is 207 g/mol. The predicted molar refractivity (Wildman–Crippen MR) is 63.1 cm³/mol. The standard InChI is InChI=1S/C10H9NS2/c11-10(13)9-5-3-8(4-6-9)2-1-7-12/h3-6,12H,7H2,(H2,11,13). The molecule has 0 amide bonds. The quantitative estimate of drug-likeness (QED) is 0.415. The fraction of sp³-hybridized carbons (Fsp3) is 0.100. The maximum atomic E-state index is 5.45. The highest BCUT2D eigenvalue weighted by molar-refractivity contribution is 7.80. The summed E-state index contributed by atoms with van der Waals surface area (Å²) in [6, 6.07) is 7.52. The second-order valence-electron chi connectivity index (χ2n) is 2.40. The number of thiol groups is 1. The van der Waals surface area contributed by atoms with Crippen LogP contribution >= 0.6 is 24.8 Å². The largest absolute Gasteiger partial charge is 0.389 e. The SMILES string of the molecule is NC(=S)c1ccc(C#CCS)cc1. The van der Waals surface area contributed by atoms with Crippen LogP contribution in [0.25, 0.3) is 0 Å². The van der Waals surface area contributed by atoms with Crippen LogP contribution in [0, 0.1) is 11.8 Å². The summed E-state index contributed by atoms with van der Waals surface area (Å²) in [6.45, 7) is 0. The van der Waals surface area contributed by atoms with Crippen LogP contribution in [-0.4, -0.2) is 10.7 Å². The van der Waals surface area contributed by atoms with Crippen molar-refractivity contribution in [3.63, 3.8) is 0 Å². The smallest absolute Gasteiger partial charge is 0.103 e. The maximum absolute atomic E-state index is 5.45. The van der Waals surface area contributed by atoms with E-state index in [0.29, 0.717) is 10.7 Å². The molecular weight excluding hydrogens is 198 g/mol. The second-order valence-corrected chi connectivity index (χ2v) is 3.16. The third-order valence-corrected chi connectivity index (χ3v) is 1.88. The summed E-state index contributed by atoms with van der Waals surface area (Å²) in [5.41, 5.74) is 7.27. The molecule has 0 saturated carbocycles. The molecule has 66 valence electrons. The third kappa shape index (κ3) is 3.10. The van der Waals surface area contributed by atoms with E-state index in [1.165, 1.54) is 0 Å². The summed E-state index contributed by atoms with van der Waals surface area (Å²) in [5, 5.41) is 0. The molecule has 1 aromatic carbocycles. The van der Waals surface area contributed by atoms with E-state index in [0.717, 1.165) is 11.1 Å². The monoisotopic (exact) mass is 207 g/mol. The molecule has 0 aliphatic heterocycles. The summed E-state index contributed by atoms with van der Waals surface area (Å²) >= 11 is 8.81. The number of hydrogen-bond acceptors (Lipinski definition) is 2. The molecule has 1 rings (SSSR count). The highest BCUT2D eigenvalue weighted by Crippen LogP contribution is 2.02. The van der Waals surface area contributed by atoms with E-state index in [-0.39, 0.29) is 0 Å². The number of rotatable bonds is 1. The minimum atomic E-state index is 0.411. The van der Waals surface area contributed by atoms with Crippen molar-refractivity contribution in [2.45, 2.75) is 0 Å². The molecule has 13 heavy (non-hydrogen) atoms. The van der Waals surface area contributed by atoms with Crippen LogP contribution < -0.4 is 5.73 Å². The molecule has 0 aromatic heterocycles. The minimum Gasteiger partial charge on any atom is -0.389 e. The molecule has 2 N–H and O–H groups in total. The van der Waals surface area contributed by atoms with E-state index in [2.05, 4.69) is 24.5 Å². The van der Waals surface area contributed by atoms with Crippen molar-refractivity contribution < 1.29 is 0 Å². The first-order valence-corrected chi connectivity index (χ1v) is 4.77. The van der Waals surface area contributed by atoms with Crippen molar-refractivity contribution >= 4 is 29.8 Å². The molecule has 0 heterocycles. The van der Waals surface area contributed by atoms with Gasteiger partial charge in [0.2, 0.25) is 0 Å². The average Bonchev–Trinajstić information content (AvgIpc) is 2.15. The Kier molecular flexibility index (Phi) is 3.81. The van der Waals surface area contributed by atoms with Gasteiger partial charge in [-0.25, -0.2) is 0 Å². The minimum absolute atomic E-state index is 0.411. The Balaban J connectivity index is 2.87. The van der Waals surface area contributed by atoms with Crippen LogP contribution in [0.1, 0.15) is 11.1 Å². The zero-order valence-corrected chi connectivity index (χ0v) is 8.66. The van der Waals surface area contributed by atoms with Crippen LogP contribution in [-0.2, 0) is 0 Å². The van der Waals surface area contributed by atoms with E-state index < -0.39 is 0 Å². The molecule has 0 saturated heterocycles. The van der Waals surface area contributed by atoms with Crippen molar-refractivity contribution in [3.8, 4) is 11.8 Å². The molecule has 0 aliphatic carbocycles. The van der Waals surface area contributed by atoms with Crippen LogP contribution in [0.5, 0.6) is 0 Å². The summed E-state index contributed by atoms with van der Waals surface area (Å²) in [4.78, 5) is 0.411. The number of nitrogens with two attached hydrogens (primary N) is 1. The molecule has 1 nitrogen and oxygen atoms in total. The molecule has 0 fully saturated rings. The topological polar surface area (TPSA) is 26.0 Å². The molecule has 3 heteroatoms. The van der Waals surface area contributed by atoms with Crippen LogP contribution in [0.3, 0.4) is 0 Å². The summed E-state index contributed by atoms with van der Waals surface area (Å²) in [7, 11) is 0. The van der Waals surface area contributed by atoms with Gasteiger partial charge in [-0.15, -0.1) is 0 Å². The van der Waals surface area contributed by atoms with Gasteiger partial charge in [0.1, 0.15) is 4.99 Å². The van der Waals surface area contributed by atoms with Gasteiger partial charge in [0.25, 0.3) is 0 Å². The molecule has 0 spiro atoms. The van der Waals surface area contributed by atoms with Crippen LogP contribution in [0.15, 0.2) is 24.3 Å². The molecule has 1 aromatic rings. The van der Waals surface area contributed by atoms with E-state index in [9.17, 15) is 0 Å². The van der Waals surface area contributed by atoms with E-state index in [4.69, 9.17) is 18.0 Å². The van der Waals surface area contributed by atoms with Crippen LogP contribution in [0.2, 0.25) is 0 Å². The van der Waals surface area contributed by atoms with Gasteiger partial charge >= 0.3 is 0 Å². The highest BCUT2D eigenvalue weighted by Gasteiger charge is 1.93. The fourth-order valence-corrected chi connectivity index (χ4v) is 1.07. The van der Waals surface area contributed by atoms with Crippen molar-refractivity contribution in [3.05, 3.63) is 35.4 Å². The second kappa shape index (κ2) is 4.90. The van der Waals surface area contributed by atoms with Crippen molar-refractivity contribution in [2.75, 3.05) is 5.75 Å². The van der Waals surface area contributed by atoms with Crippen LogP contribution in [0.4, 0.5) is 0 Å². The lowest BCUT2D eigenvalue weighted by molar-refractivity contribution is 1.59. The third-order valence-electron chi connectivity index (χ3n) is 1.48. The molecule has 0 aliphatic rings. The zero-order valence-electron chi connectivity index (χ0n) is 6.95. The van der Waals surface area contributed by atoms with Crippen molar-refractivity contribution in [1.29, 1.82) is 0 Å². The lowest BCUT2D eigenvalue weighted by atomic mass is 10.1. The number of hydrogen-bond donors (Lipinski definition) is 2. The van der Waals surface area contributed by atoms with Crippen molar-refractivity contribution in [2.24, 2.45) is 5.73 Å². The van der Waals surface area contributed by atoms with Crippen molar-refractivity contribution in [1.82, 2.24) is 0 Å². The Morgan fingerprint density at radius 1 is 1.38 bits per heavy atom. The van der Waals surface area contributed by atoms with Gasteiger partial charge in [-0.1, -0.05) is 36.2 Å². The van der Waals surface area contributed by atoms with Gasteiger partial charge in [0, 0.05) is 11.1 Å². The van der Waals surface area contributed by atoms with Gasteiger partial charge in [0.05, 0.1) is 5.75 Å². The first-order chi connectivity index (χ1) is 6.24. The van der Waals surface area contributed by atoms with Gasteiger partial charge in [-0.2, -0.15) is 12.6 Å². The normalized spacial score (nSPS) is 8.69.